The summed E-state index contributed by atoms with van der Waals surface area (Å²) in [7, 11) is 0. The van der Waals surface area contributed by atoms with E-state index in [1.165, 1.54) is 0 Å². The number of halogens is 1. The summed E-state index contributed by atoms with van der Waals surface area (Å²) >= 11 is 10.8. The first kappa shape index (κ1) is 12.4. The number of nitrogens with zero attached hydrogens (tertiary/aromatic N) is 2. The number of anilines is 1. The molecule has 1 aromatic carbocycles. The molecule has 2 aromatic rings. The molecule has 0 saturated carbocycles. The Bertz CT molecular complexity index is 681. The van der Waals surface area contributed by atoms with Gasteiger partial charge in [0.2, 0.25) is 11.8 Å². The molecule has 19 heavy (non-hydrogen) atoms. The summed E-state index contributed by atoms with van der Waals surface area (Å²) in [5.41, 5.74) is 0.786. The number of carbonyl (C=O) groups excluding carboxylic acids is 1. The summed E-state index contributed by atoms with van der Waals surface area (Å²) in [6, 6.07) is 7.21. The number of H-pyrrole nitrogens is 1. The normalized spacial score (nSPS) is 19.1. The zero-order valence-corrected chi connectivity index (χ0v) is 11.4. The fraction of sp³-hybridized carbons (Fsp3) is 0.250. The van der Waals surface area contributed by atoms with E-state index in [0.717, 1.165) is 5.69 Å². The first-order chi connectivity index (χ1) is 9.13. The highest BCUT2D eigenvalue weighted by atomic mass is 35.5. The smallest absolute Gasteiger partial charge is 0.284 e. The molecule has 0 radical (unpaired) electrons. The molecule has 1 aliphatic heterocycles. The minimum atomic E-state index is -0.0839. The van der Waals surface area contributed by atoms with Crippen LogP contribution in [0.15, 0.2) is 28.7 Å². The maximum atomic E-state index is 12.1. The van der Waals surface area contributed by atoms with Crippen LogP contribution in [0.25, 0.3) is 0 Å². The summed E-state index contributed by atoms with van der Waals surface area (Å²) in [6.07, 6.45) is 0.357. The number of amides is 1. The van der Waals surface area contributed by atoms with Crippen LogP contribution in [0.5, 0.6) is 0 Å². The van der Waals surface area contributed by atoms with Gasteiger partial charge in [0.1, 0.15) is 0 Å². The number of hydrogen-bond donors (Lipinski definition) is 1. The second-order valence-electron chi connectivity index (χ2n) is 4.34. The van der Waals surface area contributed by atoms with E-state index in [2.05, 4.69) is 10.2 Å². The molecule has 7 heteroatoms. The first-order valence-electron chi connectivity index (χ1n) is 5.75. The van der Waals surface area contributed by atoms with Crippen LogP contribution in [0.2, 0.25) is 5.02 Å². The van der Waals surface area contributed by atoms with Crippen molar-refractivity contribution in [3.8, 4) is 0 Å². The molecule has 1 atom stereocenters. The molecule has 5 nitrogen and oxygen atoms in total. The Kier molecular flexibility index (Phi) is 3.12. The van der Waals surface area contributed by atoms with Crippen molar-refractivity contribution in [1.82, 2.24) is 10.2 Å². The van der Waals surface area contributed by atoms with Crippen LogP contribution in [0.3, 0.4) is 0 Å². The van der Waals surface area contributed by atoms with Crippen molar-refractivity contribution in [2.45, 2.75) is 12.3 Å². The molecule has 98 valence electrons. The van der Waals surface area contributed by atoms with Crippen LogP contribution in [-0.4, -0.2) is 22.6 Å². The molecule has 0 spiro atoms. The summed E-state index contributed by atoms with van der Waals surface area (Å²) < 4.78 is 5.27. The fourth-order valence-corrected chi connectivity index (χ4v) is 2.50. The number of benzene rings is 1. The minimum Gasteiger partial charge on any atom is -0.414 e. The standard InChI is InChI=1S/C12H10ClN3O2S/c13-8-2-1-3-9(5-8)16-6-7(4-10(16)17)11-14-15-12(19)18-11/h1-3,5,7H,4,6H2,(H,15,19)/t7-/m0/s1. The molecular formula is C12H10ClN3O2S. The molecule has 1 fully saturated rings. The molecule has 2 heterocycles. The van der Waals surface area contributed by atoms with Crippen molar-refractivity contribution in [3.05, 3.63) is 40.0 Å². The Hall–Kier alpha value is -1.66. The lowest BCUT2D eigenvalue weighted by Crippen LogP contribution is -2.24. The van der Waals surface area contributed by atoms with Crippen LogP contribution < -0.4 is 4.90 Å². The quantitative estimate of drug-likeness (QED) is 0.865. The van der Waals surface area contributed by atoms with Crippen molar-refractivity contribution >= 4 is 35.4 Å². The van der Waals surface area contributed by atoms with Crippen molar-refractivity contribution in [2.75, 3.05) is 11.4 Å². The number of hydrogen-bond acceptors (Lipinski definition) is 4. The van der Waals surface area contributed by atoms with Crippen molar-refractivity contribution in [3.63, 3.8) is 0 Å². The van der Waals surface area contributed by atoms with Gasteiger partial charge < -0.3 is 9.32 Å². The number of aromatic nitrogens is 2. The van der Waals surface area contributed by atoms with E-state index in [1.54, 1.807) is 17.0 Å². The van der Waals surface area contributed by atoms with Gasteiger partial charge in [0.25, 0.3) is 4.84 Å². The second-order valence-corrected chi connectivity index (χ2v) is 5.14. The highest BCUT2D eigenvalue weighted by Gasteiger charge is 2.34. The van der Waals surface area contributed by atoms with E-state index in [-0.39, 0.29) is 16.7 Å². The lowest BCUT2D eigenvalue weighted by molar-refractivity contribution is -0.117. The maximum absolute atomic E-state index is 12.1. The molecule has 3 rings (SSSR count). The zero-order chi connectivity index (χ0) is 13.4. The molecular weight excluding hydrogens is 286 g/mol. The molecule has 1 aromatic heterocycles. The Morgan fingerprint density at radius 3 is 3.05 bits per heavy atom. The largest absolute Gasteiger partial charge is 0.414 e. The van der Waals surface area contributed by atoms with Crippen LogP contribution in [-0.2, 0) is 4.79 Å². The van der Waals surface area contributed by atoms with Crippen molar-refractivity contribution in [1.29, 1.82) is 0 Å². The third-order valence-corrected chi connectivity index (χ3v) is 3.46. The summed E-state index contributed by atoms with van der Waals surface area (Å²) in [5, 5.41) is 7.15. The third kappa shape index (κ3) is 2.41. The van der Waals surface area contributed by atoms with Crippen LogP contribution in [0.4, 0.5) is 5.69 Å². The van der Waals surface area contributed by atoms with Gasteiger partial charge in [0, 0.05) is 23.7 Å². The topological polar surface area (TPSA) is 62.1 Å². The summed E-state index contributed by atoms with van der Waals surface area (Å²) in [6.45, 7) is 0.516. The van der Waals surface area contributed by atoms with E-state index in [1.807, 2.05) is 12.1 Å². The van der Waals surface area contributed by atoms with E-state index >= 15 is 0 Å². The molecule has 0 bridgehead atoms. The van der Waals surface area contributed by atoms with Gasteiger partial charge in [-0.15, -0.1) is 5.10 Å². The minimum absolute atomic E-state index is 0.0244. The van der Waals surface area contributed by atoms with E-state index in [9.17, 15) is 4.79 Å². The predicted molar refractivity (Wildman–Crippen MR) is 72.9 cm³/mol. The average Bonchev–Trinajstić information content (AvgIpc) is 2.95. The molecule has 1 saturated heterocycles. The van der Waals surface area contributed by atoms with Gasteiger partial charge >= 0.3 is 0 Å². The van der Waals surface area contributed by atoms with Gasteiger partial charge in [-0.3, -0.25) is 4.79 Å². The fourth-order valence-electron chi connectivity index (χ4n) is 2.18. The number of carbonyl (C=O) groups is 1. The Balaban J connectivity index is 1.86. The number of nitrogens with one attached hydrogen (secondary N) is 1. The van der Waals surface area contributed by atoms with E-state index in [4.69, 9.17) is 28.2 Å². The van der Waals surface area contributed by atoms with Gasteiger partial charge in [-0.1, -0.05) is 17.7 Å². The average molecular weight is 296 g/mol. The van der Waals surface area contributed by atoms with E-state index < -0.39 is 0 Å². The van der Waals surface area contributed by atoms with Crippen molar-refractivity contribution in [2.24, 2.45) is 0 Å². The van der Waals surface area contributed by atoms with Gasteiger partial charge in [-0.2, -0.15) is 0 Å². The summed E-state index contributed by atoms with van der Waals surface area (Å²) in [5.74, 6) is 0.415. The first-order valence-corrected chi connectivity index (χ1v) is 6.53. The Morgan fingerprint density at radius 2 is 2.37 bits per heavy atom. The molecule has 1 aliphatic rings. The zero-order valence-electron chi connectivity index (χ0n) is 9.80. The summed E-state index contributed by atoms with van der Waals surface area (Å²) in [4.78, 5) is 14.0. The molecule has 1 amide bonds. The van der Waals surface area contributed by atoms with Crippen LogP contribution >= 0.6 is 23.8 Å². The molecule has 0 aliphatic carbocycles. The van der Waals surface area contributed by atoms with Gasteiger partial charge in [-0.05, 0) is 30.4 Å². The van der Waals surface area contributed by atoms with Crippen molar-refractivity contribution < 1.29 is 9.21 Å². The molecule has 1 N–H and O–H groups in total. The number of rotatable bonds is 2. The second kappa shape index (κ2) is 4.79. The Labute approximate surface area is 119 Å². The number of aromatic amines is 1. The van der Waals surface area contributed by atoms with Gasteiger partial charge in [-0.25, -0.2) is 5.10 Å². The highest BCUT2D eigenvalue weighted by molar-refractivity contribution is 7.71. The highest BCUT2D eigenvalue weighted by Crippen LogP contribution is 2.31. The van der Waals surface area contributed by atoms with Gasteiger partial charge in [0.05, 0.1) is 5.92 Å². The van der Waals surface area contributed by atoms with Gasteiger partial charge in [0.15, 0.2) is 0 Å². The molecule has 0 unspecified atom stereocenters. The predicted octanol–water partition coefficient (Wildman–Crippen LogP) is 2.91. The Morgan fingerprint density at radius 1 is 1.53 bits per heavy atom. The lowest BCUT2D eigenvalue weighted by atomic mass is 10.1. The third-order valence-electron chi connectivity index (χ3n) is 3.05. The lowest BCUT2D eigenvalue weighted by Gasteiger charge is -2.16. The van der Waals surface area contributed by atoms with Crippen LogP contribution in [0, 0.1) is 4.84 Å². The van der Waals surface area contributed by atoms with E-state index in [0.29, 0.717) is 23.9 Å². The van der Waals surface area contributed by atoms with Crippen LogP contribution in [0.1, 0.15) is 18.2 Å². The monoisotopic (exact) mass is 295 g/mol. The SMILES string of the molecule is O=C1C[C@H](c2n[nH]c(=S)o2)CN1c1cccc(Cl)c1. The maximum Gasteiger partial charge on any atom is 0.284 e.